The topological polar surface area (TPSA) is 58.6 Å². The number of hydrogen-bond donors (Lipinski definition) is 1. The van der Waals surface area contributed by atoms with Gasteiger partial charge in [0.25, 0.3) is 5.91 Å². The largest absolute Gasteiger partial charge is 0.484 e. The van der Waals surface area contributed by atoms with Crippen LogP contribution >= 0.6 is 0 Å². The van der Waals surface area contributed by atoms with Gasteiger partial charge in [-0.3, -0.25) is 9.59 Å². The Bertz CT molecular complexity index is 810. The van der Waals surface area contributed by atoms with E-state index in [0.29, 0.717) is 17.9 Å². The van der Waals surface area contributed by atoms with Crippen molar-refractivity contribution in [2.24, 2.45) is 0 Å². The van der Waals surface area contributed by atoms with Crippen LogP contribution in [0.25, 0.3) is 0 Å². The summed E-state index contributed by atoms with van der Waals surface area (Å²) in [6.45, 7) is 5.79. The van der Waals surface area contributed by atoms with Crippen molar-refractivity contribution in [2.75, 3.05) is 13.2 Å². The molecule has 1 N–H and O–H groups in total. The van der Waals surface area contributed by atoms with E-state index in [2.05, 4.69) is 5.32 Å². The Balaban J connectivity index is 2.14. The van der Waals surface area contributed by atoms with Crippen molar-refractivity contribution in [1.82, 2.24) is 10.2 Å². The van der Waals surface area contributed by atoms with Crippen LogP contribution in [0.5, 0.6) is 5.75 Å². The van der Waals surface area contributed by atoms with Crippen LogP contribution in [0.4, 0.5) is 4.39 Å². The maximum absolute atomic E-state index is 14.1. The number of rotatable bonds is 9. The van der Waals surface area contributed by atoms with Gasteiger partial charge in [-0.25, -0.2) is 4.39 Å². The first-order valence-corrected chi connectivity index (χ1v) is 9.42. The Kier molecular flexibility index (Phi) is 7.99. The molecular weight excluding hydrogens is 359 g/mol. The number of carbonyl (C=O) groups is 2. The van der Waals surface area contributed by atoms with Crippen molar-refractivity contribution in [1.29, 1.82) is 0 Å². The molecule has 5 nitrogen and oxygen atoms in total. The molecule has 2 rings (SSSR count). The van der Waals surface area contributed by atoms with Crippen molar-refractivity contribution >= 4 is 11.8 Å². The van der Waals surface area contributed by atoms with Crippen LogP contribution in [0.15, 0.2) is 48.5 Å². The van der Waals surface area contributed by atoms with Gasteiger partial charge in [0.1, 0.15) is 17.6 Å². The molecule has 0 radical (unpaired) electrons. The molecule has 0 heterocycles. The monoisotopic (exact) mass is 386 g/mol. The molecule has 0 fully saturated rings. The first kappa shape index (κ1) is 21.4. The highest BCUT2D eigenvalue weighted by atomic mass is 19.1. The number of hydrogen-bond acceptors (Lipinski definition) is 3. The van der Waals surface area contributed by atoms with Crippen molar-refractivity contribution in [3.8, 4) is 5.75 Å². The predicted molar refractivity (Wildman–Crippen MR) is 106 cm³/mol. The second kappa shape index (κ2) is 10.4. The zero-order valence-corrected chi connectivity index (χ0v) is 16.6. The third-order valence-electron chi connectivity index (χ3n) is 4.37. The van der Waals surface area contributed by atoms with Crippen molar-refractivity contribution < 1.29 is 18.7 Å². The predicted octanol–water partition coefficient (Wildman–Crippen LogP) is 3.46. The van der Waals surface area contributed by atoms with Crippen molar-refractivity contribution in [3.05, 3.63) is 65.5 Å². The fourth-order valence-corrected chi connectivity index (χ4v) is 2.72. The highest BCUT2D eigenvalue weighted by molar-refractivity contribution is 5.87. The third-order valence-corrected chi connectivity index (χ3v) is 4.37. The van der Waals surface area contributed by atoms with Crippen LogP contribution in [0.3, 0.4) is 0 Å². The number of amides is 2. The quantitative estimate of drug-likeness (QED) is 0.718. The number of nitrogens with zero attached hydrogens (tertiary/aromatic N) is 1. The van der Waals surface area contributed by atoms with E-state index >= 15 is 0 Å². The number of carbonyl (C=O) groups excluding carboxylic acids is 2. The average Bonchev–Trinajstić information content (AvgIpc) is 2.69. The number of ether oxygens (including phenoxy) is 1. The summed E-state index contributed by atoms with van der Waals surface area (Å²) in [5.74, 6) is -0.505. The van der Waals surface area contributed by atoms with E-state index in [1.165, 1.54) is 11.0 Å². The zero-order chi connectivity index (χ0) is 20.5. The Morgan fingerprint density at radius 1 is 1.18 bits per heavy atom. The number of benzene rings is 2. The summed E-state index contributed by atoms with van der Waals surface area (Å²) in [5.41, 5.74) is 1.36. The van der Waals surface area contributed by atoms with Crippen molar-refractivity contribution in [2.45, 2.75) is 39.8 Å². The maximum atomic E-state index is 14.1. The fourth-order valence-electron chi connectivity index (χ4n) is 2.72. The van der Waals surface area contributed by atoms with E-state index in [4.69, 9.17) is 4.74 Å². The minimum absolute atomic E-state index is 0.0105. The van der Waals surface area contributed by atoms with Crippen LogP contribution in [-0.2, 0) is 16.1 Å². The average molecular weight is 386 g/mol. The second-order valence-corrected chi connectivity index (χ2v) is 6.69. The van der Waals surface area contributed by atoms with E-state index in [0.717, 1.165) is 12.0 Å². The van der Waals surface area contributed by atoms with E-state index < -0.39 is 11.9 Å². The molecule has 150 valence electrons. The Morgan fingerprint density at radius 2 is 1.93 bits per heavy atom. The maximum Gasteiger partial charge on any atom is 0.261 e. The smallest absolute Gasteiger partial charge is 0.261 e. The fraction of sp³-hybridized carbons (Fsp3) is 0.364. The first-order valence-electron chi connectivity index (χ1n) is 9.42. The molecule has 28 heavy (non-hydrogen) atoms. The molecule has 0 aliphatic carbocycles. The van der Waals surface area contributed by atoms with Crippen LogP contribution in [-0.4, -0.2) is 35.9 Å². The molecule has 0 aliphatic rings. The minimum Gasteiger partial charge on any atom is -0.484 e. The van der Waals surface area contributed by atoms with E-state index in [1.54, 1.807) is 31.2 Å². The summed E-state index contributed by atoms with van der Waals surface area (Å²) in [4.78, 5) is 26.6. The summed E-state index contributed by atoms with van der Waals surface area (Å²) in [5, 5.41) is 2.78. The van der Waals surface area contributed by atoms with Crippen molar-refractivity contribution in [3.63, 3.8) is 0 Å². The normalized spacial score (nSPS) is 11.6. The van der Waals surface area contributed by atoms with Gasteiger partial charge in [0.05, 0.1) is 0 Å². The summed E-state index contributed by atoms with van der Waals surface area (Å²) in [6.07, 6.45) is 0.788. The van der Waals surface area contributed by atoms with Gasteiger partial charge in [-0.05, 0) is 44.0 Å². The van der Waals surface area contributed by atoms with Gasteiger partial charge < -0.3 is 15.0 Å². The highest BCUT2D eigenvalue weighted by Crippen LogP contribution is 2.15. The molecule has 6 heteroatoms. The lowest BCUT2D eigenvalue weighted by Gasteiger charge is -2.28. The molecule has 2 aromatic rings. The lowest BCUT2D eigenvalue weighted by molar-refractivity contribution is -0.142. The zero-order valence-electron chi connectivity index (χ0n) is 16.6. The summed E-state index contributed by atoms with van der Waals surface area (Å²) < 4.78 is 19.7. The molecule has 2 amide bonds. The molecule has 0 saturated heterocycles. The molecule has 0 unspecified atom stereocenters. The molecule has 0 saturated carbocycles. The van der Waals surface area contributed by atoms with Gasteiger partial charge in [-0.1, -0.05) is 37.3 Å². The number of nitrogens with one attached hydrogen (secondary N) is 1. The molecule has 0 aliphatic heterocycles. The Morgan fingerprint density at radius 3 is 2.61 bits per heavy atom. The van der Waals surface area contributed by atoms with Gasteiger partial charge in [0.15, 0.2) is 6.61 Å². The van der Waals surface area contributed by atoms with E-state index in [9.17, 15) is 14.0 Å². The standard InChI is InChI=1S/C22H27FN2O3/c1-4-12-24-22(27)17(3)25(14-18-9-5-6-11-20(18)23)21(26)15-28-19-10-7-8-16(2)13-19/h5-11,13,17H,4,12,14-15H2,1-3H3,(H,24,27)/t17-/m0/s1. The molecule has 0 bridgehead atoms. The van der Waals surface area contributed by atoms with E-state index in [1.807, 2.05) is 32.0 Å². The molecule has 1 atom stereocenters. The Labute approximate surface area is 165 Å². The summed E-state index contributed by atoms with van der Waals surface area (Å²) in [7, 11) is 0. The van der Waals surface area contributed by atoms with Gasteiger partial charge in [-0.2, -0.15) is 0 Å². The van der Waals surface area contributed by atoms with Crippen LogP contribution in [0.1, 0.15) is 31.4 Å². The summed E-state index contributed by atoms with van der Waals surface area (Å²) >= 11 is 0. The molecule has 0 aromatic heterocycles. The van der Waals surface area contributed by atoms with Gasteiger partial charge in [0.2, 0.25) is 5.91 Å². The van der Waals surface area contributed by atoms with Crippen LogP contribution < -0.4 is 10.1 Å². The SMILES string of the molecule is CCCNC(=O)[C@H](C)N(Cc1ccccc1F)C(=O)COc1cccc(C)c1. The minimum atomic E-state index is -0.750. The number of halogens is 1. The Hall–Kier alpha value is -2.89. The third kappa shape index (κ3) is 6.08. The molecular formula is C22H27FN2O3. The second-order valence-electron chi connectivity index (χ2n) is 6.69. The lowest BCUT2D eigenvalue weighted by Crippen LogP contribution is -2.49. The highest BCUT2D eigenvalue weighted by Gasteiger charge is 2.27. The van der Waals surface area contributed by atoms with Crippen LogP contribution in [0.2, 0.25) is 0 Å². The number of aryl methyl sites for hydroxylation is 1. The summed E-state index contributed by atoms with van der Waals surface area (Å²) in [6, 6.07) is 12.8. The van der Waals surface area contributed by atoms with Gasteiger partial charge >= 0.3 is 0 Å². The molecule has 2 aromatic carbocycles. The first-order chi connectivity index (χ1) is 13.4. The van der Waals surface area contributed by atoms with E-state index in [-0.39, 0.29) is 25.0 Å². The molecule has 0 spiro atoms. The lowest BCUT2D eigenvalue weighted by atomic mass is 10.1. The van der Waals surface area contributed by atoms with Gasteiger partial charge in [-0.15, -0.1) is 0 Å². The van der Waals surface area contributed by atoms with Gasteiger partial charge in [0, 0.05) is 18.7 Å². The van der Waals surface area contributed by atoms with Crippen LogP contribution in [0, 0.1) is 12.7 Å².